The van der Waals surface area contributed by atoms with Crippen LogP contribution in [0.4, 0.5) is 0 Å². The van der Waals surface area contributed by atoms with Crippen LogP contribution in [-0.2, 0) is 9.59 Å². The molecule has 0 aromatic rings. The minimum Gasteiger partial charge on any atom is -0.317 e. The van der Waals surface area contributed by atoms with E-state index in [0.29, 0.717) is 13.0 Å². The van der Waals surface area contributed by atoms with Crippen molar-refractivity contribution in [3.05, 3.63) is 0 Å². The van der Waals surface area contributed by atoms with Crippen LogP contribution in [0, 0.1) is 5.92 Å². The molecule has 1 aliphatic heterocycles. The van der Waals surface area contributed by atoms with Gasteiger partial charge in [0, 0.05) is 18.9 Å². The predicted octanol–water partition coefficient (Wildman–Crippen LogP) is 0.771. The van der Waals surface area contributed by atoms with Crippen molar-refractivity contribution in [1.82, 2.24) is 10.2 Å². The Kier molecular flexibility index (Phi) is 4.75. The van der Waals surface area contributed by atoms with Gasteiger partial charge in [-0.25, -0.2) is 0 Å². The summed E-state index contributed by atoms with van der Waals surface area (Å²) in [4.78, 5) is 24.3. The van der Waals surface area contributed by atoms with Crippen molar-refractivity contribution < 1.29 is 9.59 Å². The highest BCUT2D eigenvalue weighted by Crippen LogP contribution is 2.18. The fourth-order valence-corrected chi connectivity index (χ4v) is 1.75. The van der Waals surface area contributed by atoms with Gasteiger partial charge in [-0.05, 0) is 25.9 Å². The van der Waals surface area contributed by atoms with Crippen LogP contribution in [0.2, 0.25) is 0 Å². The summed E-state index contributed by atoms with van der Waals surface area (Å²) in [6.07, 6.45) is 2.35. The second kappa shape index (κ2) is 5.85. The molecule has 4 nitrogen and oxygen atoms in total. The van der Waals surface area contributed by atoms with Crippen molar-refractivity contribution >= 4 is 11.8 Å². The largest absolute Gasteiger partial charge is 0.317 e. The summed E-state index contributed by atoms with van der Waals surface area (Å²) in [6, 6.07) is 0. The molecular weight excluding hydrogens is 192 g/mol. The van der Waals surface area contributed by atoms with Gasteiger partial charge in [-0.1, -0.05) is 13.8 Å². The molecule has 86 valence electrons. The van der Waals surface area contributed by atoms with Gasteiger partial charge in [0.15, 0.2) is 0 Å². The number of likely N-dealkylation sites (tertiary alicyclic amines) is 1. The minimum absolute atomic E-state index is 0.00417. The fourth-order valence-electron chi connectivity index (χ4n) is 1.75. The zero-order chi connectivity index (χ0) is 11.3. The Balaban J connectivity index is 2.21. The van der Waals surface area contributed by atoms with Crippen LogP contribution in [0.15, 0.2) is 0 Å². The van der Waals surface area contributed by atoms with E-state index in [-0.39, 0.29) is 17.7 Å². The van der Waals surface area contributed by atoms with Crippen LogP contribution in [0.5, 0.6) is 0 Å². The maximum atomic E-state index is 11.5. The van der Waals surface area contributed by atoms with Crippen LogP contribution < -0.4 is 5.32 Å². The van der Waals surface area contributed by atoms with Crippen molar-refractivity contribution in [2.45, 2.75) is 33.1 Å². The maximum Gasteiger partial charge on any atom is 0.232 e. The molecule has 15 heavy (non-hydrogen) atoms. The van der Waals surface area contributed by atoms with Gasteiger partial charge in [0.05, 0.1) is 0 Å². The molecule has 1 atom stereocenters. The number of carbonyl (C=O) groups excluding carboxylic acids is 2. The summed E-state index contributed by atoms with van der Waals surface area (Å²) in [7, 11) is 0. The van der Waals surface area contributed by atoms with E-state index in [9.17, 15) is 9.59 Å². The Hall–Kier alpha value is -0.900. The first-order valence-electron chi connectivity index (χ1n) is 5.71. The van der Waals surface area contributed by atoms with Crippen LogP contribution >= 0.6 is 0 Å². The number of carbonyl (C=O) groups is 2. The average Bonchev–Trinajstić information content (AvgIpc) is 2.44. The van der Waals surface area contributed by atoms with Crippen molar-refractivity contribution in [3.8, 4) is 0 Å². The Morgan fingerprint density at radius 3 is 2.67 bits per heavy atom. The number of amides is 2. The number of hydrogen-bond donors (Lipinski definition) is 1. The third kappa shape index (κ3) is 3.30. The topological polar surface area (TPSA) is 49.4 Å². The number of hydrogen-bond acceptors (Lipinski definition) is 3. The highest BCUT2D eigenvalue weighted by Gasteiger charge is 2.34. The van der Waals surface area contributed by atoms with Gasteiger partial charge in [-0.2, -0.15) is 0 Å². The van der Waals surface area contributed by atoms with Gasteiger partial charge in [0.1, 0.15) is 0 Å². The molecule has 1 aliphatic rings. The van der Waals surface area contributed by atoms with Crippen LogP contribution in [0.1, 0.15) is 33.1 Å². The van der Waals surface area contributed by atoms with Crippen LogP contribution in [-0.4, -0.2) is 36.3 Å². The molecule has 1 saturated heterocycles. The quantitative estimate of drug-likeness (QED) is 0.522. The third-order valence-corrected chi connectivity index (χ3v) is 2.63. The lowest BCUT2D eigenvalue weighted by Gasteiger charge is -2.14. The monoisotopic (exact) mass is 212 g/mol. The van der Waals surface area contributed by atoms with E-state index in [1.807, 2.05) is 6.92 Å². The van der Waals surface area contributed by atoms with E-state index >= 15 is 0 Å². The Labute approximate surface area is 91.0 Å². The van der Waals surface area contributed by atoms with Crippen molar-refractivity contribution in [1.29, 1.82) is 0 Å². The lowest BCUT2D eigenvalue weighted by molar-refractivity contribution is -0.139. The molecule has 2 amide bonds. The SMILES string of the molecule is CCCNCCCN1C(=O)CC(C)C1=O. The molecule has 0 aromatic heterocycles. The van der Waals surface area contributed by atoms with E-state index in [1.54, 1.807) is 0 Å². The normalized spacial score (nSPS) is 21.5. The van der Waals surface area contributed by atoms with E-state index < -0.39 is 0 Å². The first kappa shape index (κ1) is 12.2. The van der Waals surface area contributed by atoms with Crippen molar-refractivity contribution in [2.75, 3.05) is 19.6 Å². The number of nitrogens with zero attached hydrogens (tertiary/aromatic N) is 1. The minimum atomic E-state index is -0.110. The van der Waals surface area contributed by atoms with Crippen molar-refractivity contribution in [2.24, 2.45) is 5.92 Å². The van der Waals surface area contributed by atoms with Gasteiger partial charge in [0.2, 0.25) is 11.8 Å². The van der Waals surface area contributed by atoms with E-state index in [1.165, 1.54) is 4.90 Å². The van der Waals surface area contributed by atoms with Gasteiger partial charge < -0.3 is 5.32 Å². The summed E-state index contributed by atoms with van der Waals surface area (Å²) >= 11 is 0. The standard InChI is InChI=1S/C11H20N2O2/c1-3-5-12-6-4-7-13-10(14)8-9(2)11(13)15/h9,12H,3-8H2,1-2H3. The molecule has 1 heterocycles. The predicted molar refractivity (Wildman–Crippen MR) is 58.3 cm³/mol. The zero-order valence-electron chi connectivity index (χ0n) is 9.58. The Bertz CT molecular complexity index is 241. The average molecular weight is 212 g/mol. The van der Waals surface area contributed by atoms with Gasteiger partial charge in [0.25, 0.3) is 0 Å². The molecule has 4 heteroatoms. The van der Waals surface area contributed by atoms with Crippen LogP contribution in [0.25, 0.3) is 0 Å². The second-order valence-electron chi connectivity index (χ2n) is 4.09. The lowest BCUT2D eigenvalue weighted by Crippen LogP contribution is -2.33. The van der Waals surface area contributed by atoms with Gasteiger partial charge >= 0.3 is 0 Å². The molecule has 1 rings (SSSR count). The molecule has 1 N–H and O–H groups in total. The number of imide groups is 1. The first-order chi connectivity index (χ1) is 7.16. The second-order valence-corrected chi connectivity index (χ2v) is 4.09. The maximum absolute atomic E-state index is 11.5. The molecule has 0 spiro atoms. The summed E-state index contributed by atoms with van der Waals surface area (Å²) in [5.74, 6) is -0.125. The lowest BCUT2D eigenvalue weighted by atomic mass is 10.1. The zero-order valence-corrected chi connectivity index (χ0v) is 9.58. The van der Waals surface area contributed by atoms with Gasteiger partial charge in [-0.3, -0.25) is 14.5 Å². The number of nitrogens with one attached hydrogen (secondary N) is 1. The molecular formula is C11H20N2O2. The molecule has 0 bridgehead atoms. The van der Waals surface area contributed by atoms with E-state index in [0.717, 1.165) is 25.9 Å². The van der Waals surface area contributed by atoms with Gasteiger partial charge in [-0.15, -0.1) is 0 Å². The smallest absolute Gasteiger partial charge is 0.232 e. The van der Waals surface area contributed by atoms with Crippen LogP contribution in [0.3, 0.4) is 0 Å². The molecule has 0 saturated carbocycles. The summed E-state index contributed by atoms with van der Waals surface area (Å²) in [5.41, 5.74) is 0. The highest BCUT2D eigenvalue weighted by molar-refractivity contribution is 6.03. The Morgan fingerprint density at radius 2 is 2.13 bits per heavy atom. The first-order valence-corrected chi connectivity index (χ1v) is 5.71. The molecule has 0 radical (unpaired) electrons. The van der Waals surface area contributed by atoms with E-state index in [4.69, 9.17) is 0 Å². The van der Waals surface area contributed by atoms with E-state index in [2.05, 4.69) is 12.2 Å². The molecule has 1 fully saturated rings. The molecule has 1 unspecified atom stereocenters. The Morgan fingerprint density at radius 1 is 1.40 bits per heavy atom. The van der Waals surface area contributed by atoms with Crippen molar-refractivity contribution in [3.63, 3.8) is 0 Å². The number of rotatable bonds is 6. The third-order valence-electron chi connectivity index (χ3n) is 2.63. The molecule has 0 aliphatic carbocycles. The summed E-state index contributed by atoms with van der Waals surface area (Å²) in [6.45, 7) is 6.37. The summed E-state index contributed by atoms with van der Waals surface area (Å²) in [5, 5.41) is 3.25. The highest BCUT2D eigenvalue weighted by atomic mass is 16.2. The summed E-state index contributed by atoms with van der Waals surface area (Å²) < 4.78 is 0. The molecule has 0 aromatic carbocycles. The fraction of sp³-hybridized carbons (Fsp3) is 0.818.